The van der Waals surface area contributed by atoms with Gasteiger partial charge in [-0.05, 0) is 60.7 Å². The SMILES string of the molecule is COc1cc(-c2ccc3ncc(NC(=S)Nc4ccc(Cl)c(Cl)c4)nc3n2)ccc1O. The molecule has 0 aliphatic carbocycles. The Hall–Kier alpha value is -3.20. The molecule has 0 radical (unpaired) electrons. The zero-order chi connectivity index (χ0) is 22.0. The first kappa shape index (κ1) is 21.0. The molecule has 0 aliphatic heterocycles. The van der Waals surface area contributed by atoms with Gasteiger partial charge < -0.3 is 20.5 Å². The highest BCUT2D eigenvalue weighted by atomic mass is 35.5. The molecule has 0 atom stereocenters. The summed E-state index contributed by atoms with van der Waals surface area (Å²) in [6.45, 7) is 0. The van der Waals surface area contributed by atoms with Crippen molar-refractivity contribution in [2.75, 3.05) is 17.7 Å². The molecule has 4 aromatic rings. The van der Waals surface area contributed by atoms with Crippen LogP contribution in [0.1, 0.15) is 0 Å². The van der Waals surface area contributed by atoms with Gasteiger partial charge >= 0.3 is 0 Å². The monoisotopic (exact) mass is 471 g/mol. The number of aromatic nitrogens is 3. The van der Waals surface area contributed by atoms with Crippen LogP contribution in [0.15, 0.2) is 54.7 Å². The molecule has 2 heterocycles. The third kappa shape index (κ3) is 4.77. The second kappa shape index (κ2) is 8.89. The van der Waals surface area contributed by atoms with Crippen LogP contribution in [0.3, 0.4) is 0 Å². The van der Waals surface area contributed by atoms with Crippen LogP contribution in [0.2, 0.25) is 10.0 Å². The molecule has 0 fully saturated rings. The van der Waals surface area contributed by atoms with Crippen molar-refractivity contribution in [1.82, 2.24) is 15.0 Å². The number of hydrogen-bond acceptors (Lipinski definition) is 6. The molecule has 4 rings (SSSR count). The molecule has 2 aromatic carbocycles. The van der Waals surface area contributed by atoms with Gasteiger partial charge in [0.15, 0.2) is 28.1 Å². The highest BCUT2D eigenvalue weighted by Crippen LogP contribution is 2.31. The van der Waals surface area contributed by atoms with Crippen LogP contribution in [-0.2, 0) is 0 Å². The minimum Gasteiger partial charge on any atom is -0.504 e. The highest BCUT2D eigenvalue weighted by molar-refractivity contribution is 7.80. The van der Waals surface area contributed by atoms with Gasteiger partial charge in [0, 0.05) is 11.3 Å². The molecule has 0 unspecified atom stereocenters. The van der Waals surface area contributed by atoms with Crippen LogP contribution < -0.4 is 15.4 Å². The van der Waals surface area contributed by atoms with E-state index in [0.717, 1.165) is 5.56 Å². The van der Waals surface area contributed by atoms with E-state index in [4.69, 9.17) is 40.2 Å². The zero-order valence-electron chi connectivity index (χ0n) is 16.1. The van der Waals surface area contributed by atoms with Crippen molar-refractivity contribution in [1.29, 1.82) is 0 Å². The first-order valence-electron chi connectivity index (χ1n) is 8.97. The van der Waals surface area contributed by atoms with Crippen molar-refractivity contribution in [3.05, 3.63) is 64.8 Å². The van der Waals surface area contributed by atoms with Crippen LogP contribution in [-0.4, -0.2) is 32.3 Å². The van der Waals surface area contributed by atoms with Gasteiger partial charge in [0.05, 0.1) is 29.0 Å². The number of halogens is 2. The van der Waals surface area contributed by atoms with Crippen LogP contribution >= 0.6 is 35.4 Å². The number of fused-ring (bicyclic) bond motifs is 1. The van der Waals surface area contributed by atoms with Crippen LogP contribution in [0.25, 0.3) is 22.4 Å². The molecule has 156 valence electrons. The Morgan fingerprint density at radius 3 is 2.61 bits per heavy atom. The normalized spacial score (nSPS) is 10.7. The number of pyridine rings is 1. The van der Waals surface area contributed by atoms with Crippen LogP contribution in [0, 0.1) is 0 Å². The van der Waals surface area contributed by atoms with Gasteiger partial charge in [0.25, 0.3) is 0 Å². The van der Waals surface area contributed by atoms with E-state index in [1.807, 2.05) is 12.1 Å². The van der Waals surface area contributed by atoms with E-state index in [1.54, 1.807) is 42.6 Å². The fourth-order valence-corrected chi connectivity index (χ4v) is 3.33. The lowest BCUT2D eigenvalue weighted by Crippen LogP contribution is -2.20. The van der Waals surface area contributed by atoms with Gasteiger partial charge in [-0.1, -0.05) is 23.2 Å². The van der Waals surface area contributed by atoms with E-state index in [9.17, 15) is 5.11 Å². The predicted molar refractivity (Wildman–Crippen MR) is 127 cm³/mol. The summed E-state index contributed by atoms with van der Waals surface area (Å²) in [5.74, 6) is 0.846. The third-order valence-electron chi connectivity index (χ3n) is 4.30. The fraction of sp³-hybridized carbons (Fsp3) is 0.0476. The summed E-state index contributed by atoms with van der Waals surface area (Å²) in [6, 6.07) is 13.8. The Morgan fingerprint density at radius 2 is 1.84 bits per heavy atom. The van der Waals surface area contributed by atoms with Crippen molar-refractivity contribution >= 4 is 63.2 Å². The molecule has 31 heavy (non-hydrogen) atoms. The lowest BCUT2D eigenvalue weighted by Gasteiger charge is -2.11. The van der Waals surface area contributed by atoms with Gasteiger partial charge in [-0.3, -0.25) is 0 Å². The van der Waals surface area contributed by atoms with E-state index in [2.05, 4.69) is 25.6 Å². The summed E-state index contributed by atoms with van der Waals surface area (Å²) < 4.78 is 5.17. The van der Waals surface area contributed by atoms with E-state index in [1.165, 1.54) is 7.11 Å². The quantitative estimate of drug-likeness (QED) is 0.335. The summed E-state index contributed by atoms with van der Waals surface area (Å²) >= 11 is 17.3. The summed E-state index contributed by atoms with van der Waals surface area (Å²) in [5, 5.41) is 17.0. The Kier molecular flexibility index (Phi) is 6.03. The second-order valence-corrected chi connectivity index (χ2v) is 7.61. The molecule has 0 saturated heterocycles. The fourth-order valence-electron chi connectivity index (χ4n) is 2.81. The molecule has 0 aliphatic rings. The average Bonchev–Trinajstić information content (AvgIpc) is 2.76. The number of ether oxygens (including phenoxy) is 1. The van der Waals surface area contributed by atoms with Crippen LogP contribution in [0.5, 0.6) is 11.5 Å². The summed E-state index contributed by atoms with van der Waals surface area (Å²) in [6.07, 6.45) is 1.57. The molecule has 3 N–H and O–H groups in total. The van der Waals surface area contributed by atoms with Crippen molar-refractivity contribution in [3.63, 3.8) is 0 Å². The Labute approximate surface area is 193 Å². The predicted octanol–water partition coefficient (Wildman–Crippen LogP) is 5.52. The Morgan fingerprint density at radius 1 is 1.00 bits per heavy atom. The summed E-state index contributed by atoms with van der Waals surface area (Å²) in [5.41, 5.74) is 3.18. The maximum Gasteiger partial charge on any atom is 0.180 e. The number of nitrogens with one attached hydrogen (secondary N) is 2. The number of benzene rings is 2. The first-order chi connectivity index (χ1) is 14.9. The van der Waals surface area contributed by atoms with Crippen molar-refractivity contribution in [2.45, 2.75) is 0 Å². The molecule has 7 nitrogen and oxygen atoms in total. The molecular formula is C21H15Cl2N5O2S. The lowest BCUT2D eigenvalue weighted by atomic mass is 10.1. The van der Waals surface area contributed by atoms with E-state index < -0.39 is 0 Å². The maximum atomic E-state index is 9.80. The molecule has 2 aromatic heterocycles. The van der Waals surface area contributed by atoms with Crippen LogP contribution in [0.4, 0.5) is 11.5 Å². The van der Waals surface area contributed by atoms with Gasteiger partial charge in [-0.2, -0.15) is 0 Å². The number of thiocarbonyl (C=S) groups is 1. The third-order valence-corrected chi connectivity index (χ3v) is 5.24. The first-order valence-corrected chi connectivity index (χ1v) is 10.1. The van der Waals surface area contributed by atoms with Gasteiger partial charge in [-0.25, -0.2) is 15.0 Å². The lowest BCUT2D eigenvalue weighted by molar-refractivity contribution is 0.373. The molecule has 0 saturated carbocycles. The van der Waals surface area contributed by atoms with Crippen molar-refractivity contribution in [3.8, 4) is 22.8 Å². The summed E-state index contributed by atoms with van der Waals surface area (Å²) in [4.78, 5) is 13.4. The number of aromatic hydroxyl groups is 1. The van der Waals surface area contributed by atoms with Gasteiger partial charge in [-0.15, -0.1) is 0 Å². The molecule has 10 heteroatoms. The van der Waals surface area contributed by atoms with E-state index in [-0.39, 0.29) is 5.75 Å². The molecule has 0 amide bonds. The second-order valence-electron chi connectivity index (χ2n) is 6.39. The zero-order valence-corrected chi connectivity index (χ0v) is 18.4. The highest BCUT2D eigenvalue weighted by Gasteiger charge is 2.09. The standard InChI is InChI=1S/C21H15Cl2N5O2S/c1-30-18-8-11(2-7-17(18)29)15-5-6-16-20(26-15)27-19(10-24-16)28-21(31)25-12-3-4-13(22)14(23)9-12/h2-10,29H,1H3,(H2,25,26,27,28,31). The minimum absolute atomic E-state index is 0.0568. The smallest absolute Gasteiger partial charge is 0.180 e. The number of phenols is 1. The molecule has 0 bridgehead atoms. The van der Waals surface area contributed by atoms with E-state index >= 15 is 0 Å². The minimum atomic E-state index is 0.0568. The topological polar surface area (TPSA) is 92.2 Å². The van der Waals surface area contributed by atoms with Gasteiger partial charge in [0.2, 0.25) is 0 Å². The van der Waals surface area contributed by atoms with Gasteiger partial charge in [0.1, 0.15) is 5.52 Å². The largest absolute Gasteiger partial charge is 0.504 e. The Balaban J connectivity index is 1.57. The number of rotatable bonds is 4. The molecule has 0 spiro atoms. The molecular weight excluding hydrogens is 457 g/mol. The number of hydrogen-bond donors (Lipinski definition) is 3. The average molecular weight is 472 g/mol. The van der Waals surface area contributed by atoms with Crippen molar-refractivity contribution < 1.29 is 9.84 Å². The number of methoxy groups -OCH3 is 1. The Bertz CT molecular complexity index is 1300. The van der Waals surface area contributed by atoms with E-state index in [0.29, 0.717) is 49.3 Å². The number of phenolic OH excluding ortho intramolecular Hbond substituents is 1. The number of anilines is 2. The summed E-state index contributed by atoms with van der Waals surface area (Å²) in [7, 11) is 1.49. The number of nitrogens with zero attached hydrogens (tertiary/aromatic N) is 3. The maximum absolute atomic E-state index is 9.80. The van der Waals surface area contributed by atoms with Crippen molar-refractivity contribution in [2.24, 2.45) is 0 Å².